The maximum absolute atomic E-state index is 3.84. The van der Waals surface area contributed by atoms with Crippen LogP contribution in [0.4, 0.5) is 0 Å². The van der Waals surface area contributed by atoms with Gasteiger partial charge in [0.2, 0.25) is 0 Å². The van der Waals surface area contributed by atoms with Crippen molar-refractivity contribution in [2.24, 2.45) is 0 Å². The number of hydrogen-bond donors (Lipinski definition) is 0. The van der Waals surface area contributed by atoms with Crippen molar-refractivity contribution in [2.75, 3.05) is 0 Å². The molecule has 0 heteroatoms. The Morgan fingerprint density at radius 1 is 0.950 bits per heavy atom. The number of allylic oxidation sites excluding steroid dienone is 2. The predicted octanol–water partition coefficient (Wildman–Crippen LogP) is 5.43. The van der Waals surface area contributed by atoms with Crippen LogP contribution in [0.3, 0.4) is 0 Å². The van der Waals surface area contributed by atoms with Crippen LogP contribution in [0.1, 0.15) is 24.0 Å². The first-order valence-electron chi connectivity index (χ1n) is 7.03. The van der Waals surface area contributed by atoms with Crippen molar-refractivity contribution in [3.05, 3.63) is 95.7 Å². The van der Waals surface area contributed by atoms with Crippen molar-refractivity contribution >= 4 is 6.08 Å². The average molecular weight is 260 g/mol. The molecule has 0 aromatic heterocycles. The molecule has 0 radical (unpaired) electrons. The van der Waals surface area contributed by atoms with Crippen molar-refractivity contribution in [1.82, 2.24) is 0 Å². The van der Waals surface area contributed by atoms with Crippen LogP contribution in [-0.4, -0.2) is 0 Å². The molecule has 0 saturated carbocycles. The predicted molar refractivity (Wildman–Crippen MR) is 87.5 cm³/mol. The van der Waals surface area contributed by atoms with Gasteiger partial charge in [0.1, 0.15) is 0 Å². The lowest BCUT2D eigenvalue weighted by Gasteiger charge is -2.02. The lowest BCUT2D eigenvalue weighted by Crippen LogP contribution is -1.87. The van der Waals surface area contributed by atoms with Crippen LogP contribution in [0.2, 0.25) is 0 Å². The smallest absolute Gasteiger partial charge is 0.00651 e. The van der Waals surface area contributed by atoms with Gasteiger partial charge in [-0.3, -0.25) is 0 Å². The molecular formula is C20H20. The fraction of sp³-hybridized carbons (Fsp3) is 0.150. The van der Waals surface area contributed by atoms with Gasteiger partial charge in [-0.2, -0.15) is 0 Å². The normalized spacial score (nSPS) is 9.60. The van der Waals surface area contributed by atoms with E-state index in [2.05, 4.69) is 60.9 Å². The highest BCUT2D eigenvalue weighted by Crippen LogP contribution is 2.12. The Morgan fingerprint density at radius 2 is 1.60 bits per heavy atom. The minimum atomic E-state index is 0.899. The Bertz CT molecular complexity index is 584. The fourth-order valence-electron chi connectivity index (χ4n) is 2.08. The van der Waals surface area contributed by atoms with E-state index in [1.54, 1.807) is 0 Å². The third kappa shape index (κ3) is 4.76. The molecule has 0 saturated heterocycles. The minimum absolute atomic E-state index is 0.899. The van der Waals surface area contributed by atoms with Gasteiger partial charge >= 0.3 is 0 Å². The van der Waals surface area contributed by atoms with Gasteiger partial charge in [-0.25, -0.2) is 0 Å². The summed E-state index contributed by atoms with van der Waals surface area (Å²) >= 11 is 0. The summed E-state index contributed by atoms with van der Waals surface area (Å²) < 4.78 is 0. The van der Waals surface area contributed by atoms with E-state index >= 15 is 0 Å². The zero-order valence-corrected chi connectivity index (χ0v) is 11.8. The molecule has 2 aromatic rings. The van der Waals surface area contributed by atoms with Crippen molar-refractivity contribution in [3.8, 4) is 0 Å². The Kier molecular flexibility index (Phi) is 5.64. The van der Waals surface area contributed by atoms with Gasteiger partial charge in [0.15, 0.2) is 0 Å². The second kappa shape index (κ2) is 7.99. The number of hydrogen-bond acceptors (Lipinski definition) is 0. The molecule has 2 rings (SSSR count). The van der Waals surface area contributed by atoms with Crippen molar-refractivity contribution in [2.45, 2.75) is 19.3 Å². The van der Waals surface area contributed by atoms with Crippen LogP contribution in [0.15, 0.2) is 84.6 Å². The first-order chi connectivity index (χ1) is 9.88. The summed E-state index contributed by atoms with van der Waals surface area (Å²) in [6.07, 6.45) is 6.99. The first-order valence-corrected chi connectivity index (χ1v) is 7.03. The zero-order chi connectivity index (χ0) is 14.0. The van der Waals surface area contributed by atoms with Crippen LogP contribution in [-0.2, 0) is 6.42 Å². The molecule has 0 spiro atoms. The van der Waals surface area contributed by atoms with Gasteiger partial charge in [0.25, 0.3) is 0 Å². The van der Waals surface area contributed by atoms with E-state index in [4.69, 9.17) is 0 Å². The molecule has 0 bridgehead atoms. The molecule has 0 N–H and O–H groups in total. The third-order valence-corrected chi connectivity index (χ3v) is 3.19. The lowest BCUT2D eigenvalue weighted by molar-refractivity contribution is 0.915. The summed E-state index contributed by atoms with van der Waals surface area (Å²) in [4.78, 5) is 0. The maximum atomic E-state index is 3.84. The molecule has 0 aliphatic rings. The van der Waals surface area contributed by atoms with Gasteiger partial charge in [0, 0.05) is 0 Å². The average Bonchev–Trinajstić information content (AvgIpc) is 2.52. The van der Waals surface area contributed by atoms with E-state index in [9.17, 15) is 0 Å². The Balaban J connectivity index is 2.07. The van der Waals surface area contributed by atoms with Gasteiger partial charge < -0.3 is 0 Å². The zero-order valence-electron chi connectivity index (χ0n) is 11.8. The molecule has 0 heterocycles. The second-order valence-electron chi connectivity index (χ2n) is 4.78. The second-order valence-corrected chi connectivity index (χ2v) is 4.78. The summed E-state index contributed by atoms with van der Waals surface area (Å²) in [6.45, 7) is 3.84. The first kappa shape index (κ1) is 14.1. The molecule has 0 nitrogen and oxygen atoms in total. The summed E-state index contributed by atoms with van der Waals surface area (Å²) in [5.74, 6) is 0. The molecule has 0 atom stereocenters. The van der Waals surface area contributed by atoms with Crippen molar-refractivity contribution < 1.29 is 0 Å². The summed E-state index contributed by atoms with van der Waals surface area (Å²) in [5, 5.41) is 0. The van der Waals surface area contributed by atoms with Crippen LogP contribution in [0.5, 0.6) is 0 Å². The molecule has 0 aliphatic carbocycles. The van der Waals surface area contributed by atoms with E-state index < -0.39 is 0 Å². The molecule has 0 unspecified atom stereocenters. The highest BCUT2D eigenvalue weighted by molar-refractivity contribution is 5.48. The molecular weight excluding hydrogens is 240 g/mol. The molecule has 20 heavy (non-hydrogen) atoms. The van der Waals surface area contributed by atoms with Crippen molar-refractivity contribution in [3.63, 3.8) is 0 Å². The monoisotopic (exact) mass is 260 g/mol. The number of benzene rings is 2. The van der Waals surface area contributed by atoms with E-state index in [0.29, 0.717) is 0 Å². The molecule has 2 aromatic carbocycles. The fourth-order valence-corrected chi connectivity index (χ4v) is 2.08. The third-order valence-electron chi connectivity index (χ3n) is 3.19. The Hall–Kier alpha value is -2.30. The molecule has 0 amide bonds. The van der Waals surface area contributed by atoms with Gasteiger partial charge in [-0.15, -0.1) is 12.3 Å². The van der Waals surface area contributed by atoms with Gasteiger partial charge in [0.05, 0.1) is 0 Å². The standard InChI is InChI=1S/C20H20/c1-2-9-18(14-16-19-10-5-3-6-11-19)15-17-20-12-7-4-8-13-20/h2-8,10-13,17H,1,9,14,16H2. The molecule has 0 aliphatic heterocycles. The van der Waals surface area contributed by atoms with Crippen LogP contribution in [0, 0.1) is 0 Å². The molecule has 100 valence electrons. The quantitative estimate of drug-likeness (QED) is 0.479. The van der Waals surface area contributed by atoms with E-state index in [1.165, 1.54) is 16.7 Å². The Morgan fingerprint density at radius 3 is 2.25 bits per heavy atom. The number of aryl methyl sites for hydroxylation is 1. The summed E-state index contributed by atoms with van der Waals surface area (Å²) in [6, 6.07) is 20.9. The highest BCUT2D eigenvalue weighted by atomic mass is 14.0. The summed E-state index contributed by atoms with van der Waals surface area (Å²) in [7, 11) is 0. The Labute approximate surface area is 121 Å². The molecule has 0 fully saturated rings. The van der Waals surface area contributed by atoms with Crippen LogP contribution in [0.25, 0.3) is 6.08 Å². The lowest BCUT2D eigenvalue weighted by atomic mass is 10.0. The van der Waals surface area contributed by atoms with Crippen LogP contribution >= 0.6 is 0 Å². The van der Waals surface area contributed by atoms with Crippen LogP contribution < -0.4 is 0 Å². The minimum Gasteiger partial charge on any atom is -0.121 e. The number of rotatable bonds is 6. The summed E-state index contributed by atoms with van der Waals surface area (Å²) in [5.41, 5.74) is 7.29. The SMILES string of the molecule is C=CCC(=C=Cc1ccccc1)CCc1ccccc1. The van der Waals surface area contributed by atoms with E-state index in [-0.39, 0.29) is 0 Å². The van der Waals surface area contributed by atoms with E-state index in [1.807, 2.05) is 24.3 Å². The largest absolute Gasteiger partial charge is 0.121 e. The topological polar surface area (TPSA) is 0 Å². The highest BCUT2D eigenvalue weighted by Gasteiger charge is 1.96. The maximum Gasteiger partial charge on any atom is -0.00651 e. The van der Waals surface area contributed by atoms with Crippen molar-refractivity contribution in [1.29, 1.82) is 0 Å². The van der Waals surface area contributed by atoms with E-state index in [0.717, 1.165) is 19.3 Å². The van der Waals surface area contributed by atoms with Gasteiger partial charge in [-0.05, 0) is 42.0 Å². The van der Waals surface area contributed by atoms with Gasteiger partial charge in [-0.1, -0.05) is 66.7 Å².